The van der Waals surface area contributed by atoms with Gasteiger partial charge in [-0.25, -0.2) is 0 Å². The van der Waals surface area contributed by atoms with Crippen LogP contribution in [-0.2, 0) is 14.4 Å². The second-order valence-electron chi connectivity index (χ2n) is 7.02. The van der Waals surface area contributed by atoms with Crippen LogP contribution in [0.4, 0.5) is 5.69 Å². The van der Waals surface area contributed by atoms with Gasteiger partial charge < -0.3 is 15.1 Å². The molecule has 3 rings (SSSR count). The molecule has 3 amide bonds. The zero-order valence-electron chi connectivity index (χ0n) is 16.5. The van der Waals surface area contributed by atoms with Crippen molar-refractivity contribution < 1.29 is 14.4 Å². The van der Waals surface area contributed by atoms with Crippen LogP contribution < -0.4 is 5.32 Å². The van der Waals surface area contributed by atoms with E-state index in [0.717, 1.165) is 23.7 Å². The van der Waals surface area contributed by atoms with E-state index < -0.39 is 5.25 Å². The van der Waals surface area contributed by atoms with Crippen LogP contribution in [0.1, 0.15) is 20.3 Å². The quantitative estimate of drug-likeness (QED) is 0.778. The van der Waals surface area contributed by atoms with Gasteiger partial charge in [0.2, 0.25) is 17.7 Å². The summed E-state index contributed by atoms with van der Waals surface area (Å²) in [5, 5.41) is 2.49. The maximum Gasteiger partial charge on any atom is 0.238 e. The lowest BCUT2D eigenvalue weighted by atomic mass is 10.2. The zero-order valence-corrected chi connectivity index (χ0v) is 17.3. The van der Waals surface area contributed by atoms with Gasteiger partial charge >= 0.3 is 0 Å². The summed E-state index contributed by atoms with van der Waals surface area (Å²) in [6.45, 7) is 8.38. The second kappa shape index (κ2) is 9.43. The highest BCUT2D eigenvalue weighted by Gasteiger charge is 2.31. The van der Waals surface area contributed by atoms with Crippen molar-refractivity contribution in [1.82, 2.24) is 14.7 Å². The van der Waals surface area contributed by atoms with E-state index in [1.165, 1.54) is 11.8 Å². The molecule has 28 heavy (non-hydrogen) atoms. The van der Waals surface area contributed by atoms with Gasteiger partial charge in [0.25, 0.3) is 0 Å². The maximum absolute atomic E-state index is 12.7. The first-order valence-corrected chi connectivity index (χ1v) is 10.7. The summed E-state index contributed by atoms with van der Waals surface area (Å²) in [7, 11) is 0. The molecule has 0 spiro atoms. The number of fused-ring (bicyclic) bond motifs is 1. The third-order valence-electron chi connectivity index (χ3n) is 5.27. The molecule has 2 aliphatic heterocycles. The zero-order chi connectivity index (χ0) is 20.1. The SMILES string of the molecule is CCN(CC)C(=O)CN1CCN(C(=O)CC2Sc3ccccc3NC2=O)CC1. The number of piperazine rings is 1. The molecular formula is C20H28N4O3S. The molecule has 0 bridgehead atoms. The third-order valence-corrected chi connectivity index (χ3v) is 6.54. The van der Waals surface area contributed by atoms with Gasteiger partial charge in [-0.1, -0.05) is 12.1 Å². The summed E-state index contributed by atoms with van der Waals surface area (Å²) >= 11 is 1.45. The fourth-order valence-electron chi connectivity index (χ4n) is 3.54. The highest BCUT2D eigenvalue weighted by Crippen LogP contribution is 2.36. The number of benzene rings is 1. The van der Waals surface area contributed by atoms with Gasteiger partial charge in [-0.2, -0.15) is 0 Å². The molecule has 1 saturated heterocycles. The Balaban J connectivity index is 1.48. The molecule has 2 aliphatic rings. The molecule has 1 aromatic rings. The van der Waals surface area contributed by atoms with Crippen molar-refractivity contribution in [2.75, 3.05) is 51.1 Å². The van der Waals surface area contributed by atoms with Gasteiger partial charge in [0.15, 0.2) is 0 Å². The molecule has 2 heterocycles. The van der Waals surface area contributed by atoms with E-state index in [2.05, 4.69) is 10.2 Å². The first-order chi connectivity index (χ1) is 13.5. The predicted molar refractivity (Wildman–Crippen MR) is 110 cm³/mol. The van der Waals surface area contributed by atoms with E-state index in [1.54, 1.807) is 0 Å². The number of hydrogen-bond acceptors (Lipinski definition) is 5. The number of thioether (sulfide) groups is 1. The summed E-state index contributed by atoms with van der Waals surface area (Å²) in [6.07, 6.45) is 0.198. The minimum atomic E-state index is -0.398. The molecule has 1 aromatic carbocycles. The van der Waals surface area contributed by atoms with Crippen LogP contribution in [0, 0.1) is 0 Å². The monoisotopic (exact) mass is 404 g/mol. The van der Waals surface area contributed by atoms with E-state index in [9.17, 15) is 14.4 Å². The normalized spacial score (nSPS) is 19.7. The molecule has 0 aromatic heterocycles. The number of carbonyl (C=O) groups is 3. The molecule has 1 N–H and O–H groups in total. The van der Waals surface area contributed by atoms with E-state index >= 15 is 0 Å². The number of amides is 3. The maximum atomic E-state index is 12.7. The molecule has 0 aliphatic carbocycles. The van der Waals surface area contributed by atoms with Crippen LogP contribution in [0.3, 0.4) is 0 Å². The standard InChI is InChI=1S/C20H28N4O3S/c1-3-23(4-2)19(26)14-22-9-11-24(12-10-22)18(25)13-17-20(27)21-15-7-5-6-8-16(15)28-17/h5-8,17H,3-4,9-14H2,1-2H3,(H,21,27). The van der Waals surface area contributed by atoms with Gasteiger partial charge in [0.05, 0.1) is 17.5 Å². The average Bonchev–Trinajstić information content (AvgIpc) is 2.70. The number of likely N-dealkylation sites (N-methyl/N-ethyl adjacent to an activating group) is 1. The van der Waals surface area contributed by atoms with Crippen molar-refractivity contribution in [3.63, 3.8) is 0 Å². The lowest BCUT2D eigenvalue weighted by Crippen LogP contribution is -2.52. The number of para-hydroxylation sites is 1. The number of hydrogen-bond donors (Lipinski definition) is 1. The second-order valence-corrected chi connectivity index (χ2v) is 8.26. The largest absolute Gasteiger partial charge is 0.342 e. The number of anilines is 1. The Labute approximate surface area is 170 Å². The summed E-state index contributed by atoms with van der Waals surface area (Å²) < 4.78 is 0. The molecule has 8 heteroatoms. The molecule has 152 valence electrons. The Hall–Kier alpha value is -2.06. The molecular weight excluding hydrogens is 376 g/mol. The van der Waals surface area contributed by atoms with Crippen LogP contribution in [-0.4, -0.2) is 83.5 Å². The van der Waals surface area contributed by atoms with Crippen molar-refractivity contribution in [1.29, 1.82) is 0 Å². The van der Waals surface area contributed by atoms with Crippen LogP contribution >= 0.6 is 11.8 Å². The van der Waals surface area contributed by atoms with Crippen molar-refractivity contribution in [3.8, 4) is 0 Å². The van der Waals surface area contributed by atoms with Gasteiger partial charge in [0, 0.05) is 50.6 Å². The number of carbonyl (C=O) groups excluding carboxylic acids is 3. The molecule has 7 nitrogen and oxygen atoms in total. The van der Waals surface area contributed by atoms with E-state index in [4.69, 9.17) is 0 Å². The Bertz CT molecular complexity index is 730. The van der Waals surface area contributed by atoms with E-state index in [-0.39, 0.29) is 24.1 Å². The number of rotatable bonds is 6. The van der Waals surface area contributed by atoms with Crippen molar-refractivity contribution in [3.05, 3.63) is 24.3 Å². The minimum absolute atomic E-state index is 0.00162. The van der Waals surface area contributed by atoms with Gasteiger partial charge in [0.1, 0.15) is 0 Å². The first-order valence-electron chi connectivity index (χ1n) is 9.86. The van der Waals surface area contributed by atoms with E-state index in [1.807, 2.05) is 47.9 Å². The van der Waals surface area contributed by atoms with Gasteiger partial charge in [-0.3, -0.25) is 19.3 Å². The lowest BCUT2D eigenvalue weighted by Gasteiger charge is -2.36. The topological polar surface area (TPSA) is 73.0 Å². The van der Waals surface area contributed by atoms with Gasteiger partial charge in [-0.05, 0) is 26.0 Å². The summed E-state index contributed by atoms with van der Waals surface area (Å²) in [4.78, 5) is 44.0. The first kappa shape index (κ1) is 20.7. The van der Waals surface area contributed by atoms with Crippen molar-refractivity contribution in [2.24, 2.45) is 0 Å². The Kier molecular flexibility index (Phi) is 6.96. The molecule has 1 atom stereocenters. The number of nitrogens with one attached hydrogen (secondary N) is 1. The smallest absolute Gasteiger partial charge is 0.238 e. The molecule has 0 radical (unpaired) electrons. The van der Waals surface area contributed by atoms with Crippen molar-refractivity contribution >= 4 is 35.2 Å². The average molecular weight is 405 g/mol. The molecule has 1 fully saturated rings. The molecule has 1 unspecified atom stereocenters. The fraction of sp³-hybridized carbons (Fsp3) is 0.550. The summed E-state index contributed by atoms with van der Waals surface area (Å²) in [6, 6.07) is 7.65. The highest BCUT2D eigenvalue weighted by atomic mass is 32.2. The Morgan fingerprint density at radius 1 is 1.14 bits per heavy atom. The van der Waals surface area contributed by atoms with Crippen LogP contribution in [0.15, 0.2) is 29.2 Å². The van der Waals surface area contributed by atoms with Crippen LogP contribution in [0.5, 0.6) is 0 Å². The predicted octanol–water partition coefficient (Wildman–Crippen LogP) is 1.50. The Morgan fingerprint density at radius 2 is 1.82 bits per heavy atom. The van der Waals surface area contributed by atoms with Crippen LogP contribution in [0.2, 0.25) is 0 Å². The fourth-order valence-corrected chi connectivity index (χ4v) is 4.64. The third kappa shape index (κ3) is 4.86. The number of nitrogens with zero attached hydrogens (tertiary/aromatic N) is 3. The molecule has 0 saturated carbocycles. The van der Waals surface area contributed by atoms with Crippen LogP contribution in [0.25, 0.3) is 0 Å². The lowest BCUT2D eigenvalue weighted by molar-refractivity contribution is -0.135. The summed E-state index contributed by atoms with van der Waals surface area (Å²) in [5.41, 5.74) is 0.813. The highest BCUT2D eigenvalue weighted by molar-refractivity contribution is 8.01. The summed E-state index contributed by atoms with van der Waals surface area (Å²) in [5.74, 6) is 0.0287. The van der Waals surface area contributed by atoms with Gasteiger partial charge in [-0.15, -0.1) is 11.8 Å². The van der Waals surface area contributed by atoms with E-state index in [0.29, 0.717) is 32.7 Å². The minimum Gasteiger partial charge on any atom is -0.342 e. The Morgan fingerprint density at radius 3 is 2.50 bits per heavy atom. The van der Waals surface area contributed by atoms with Crippen molar-refractivity contribution in [2.45, 2.75) is 30.4 Å².